The number of rotatable bonds is 3. The van der Waals surface area contributed by atoms with E-state index in [1.54, 1.807) is 5.01 Å². The van der Waals surface area contributed by atoms with Gasteiger partial charge in [0.25, 0.3) is 0 Å². The summed E-state index contributed by atoms with van der Waals surface area (Å²) < 4.78 is 2.08. The number of hydrogen-bond donors (Lipinski definition) is 1. The van der Waals surface area contributed by atoms with Crippen LogP contribution in [0.2, 0.25) is 0 Å². The summed E-state index contributed by atoms with van der Waals surface area (Å²) in [6.07, 6.45) is 4.48. The molecular formula is C11H16N4OSe. The zero-order valence-electron chi connectivity index (χ0n) is 10.1. The quantitative estimate of drug-likeness (QED) is 0.519. The zero-order chi connectivity index (χ0) is 12.4. The first-order valence-electron chi connectivity index (χ1n) is 5.63. The molecule has 0 bridgehead atoms. The molecule has 0 aliphatic heterocycles. The Kier molecular flexibility index (Phi) is 3.64. The number of primary amides is 1. The number of amides is 1. The van der Waals surface area contributed by atoms with Crippen LogP contribution in [0.25, 0.3) is 0 Å². The molecule has 0 unspecified atom stereocenters. The van der Waals surface area contributed by atoms with E-state index in [0.29, 0.717) is 4.44 Å². The summed E-state index contributed by atoms with van der Waals surface area (Å²) in [6, 6.07) is 0. The number of nitrogens with zero attached hydrogens (tertiary/aromatic N) is 3. The molecule has 0 atom stereocenters. The Balaban J connectivity index is 2.45. The van der Waals surface area contributed by atoms with Crippen molar-refractivity contribution in [3.8, 4) is 0 Å². The van der Waals surface area contributed by atoms with Gasteiger partial charge in [0.05, 0.1) is 0 Å². The number of nitrogens with two attached hydrogens (primary N) is 1. The van der Waals surface area contributed by atoms with E-state index < -0.39 is 0 Å². The maximum atomic E-state index is 11.4. The van der Waals surface area contributed by atoms with E-state index >= 15 is 0 Å². The van der Waals surface area contributed by atoms with Crippen molar-refractivity contribution >= 4 is 26.1 Å². The van der Waals surface area contributed by atoms with Gasteiger partial charge in [-0.25, -0.2) is 0 Å². The standard InChI is InChI=1S/C11H16N4OSe/c1-15(2)14-13-9-7-5-3-4-6-8(7)17-10(9)11(12)16/h3-6H2,1-2H3,(H2,12,16)/b14-13+. The van der Waals surface area contributed by atoms with E-state index in [4.69, 9.17) is 5.73 Å². The van der Waals surface area contributed by atoms with Crippen molar-refractivity contribution in [1.29, 1.82) is 0 Å². The van der Waals surface area contributed by atoms with Gasteiger partial charge >= 0.3 is 106 Å². The van der Waals surface area contributed by atoms with E-state index in [0.717, 1.165) is 18.5 Å². The summed E-state index contributed by atoms with van der Waals surface area (Å²) in [5.74, 6) is -0.341. The molecule has 0 radical (unpaired) electrons. The van der Waals surface area contributed by atoms with Crippen LogP contribution in [0.15, 0.2) is 10.3 Å². The van der Waals surface area contributed by atoms with Crippen LogP contribution in [0.4, 0.5) is 5.69 Å². The minimum absolute atomic E-state index is 0.0717. The van der Waals surface area contributed by atoms with Crippen LogP contribution >= 0.6 is 0 Å². The zero-order valence-corrected chi connectivity index (χ0v) is 11.8. The third-order valence-corrected chi connectivity index (χ3v) is 5.41. The van der Waals surface area contributed by atoms with Gasteiger partial charge in [-0.15, -0.1) is 0 Å². The topological polar surface area (TPSA) is 71.1 Å². The molecule has 1 heterocycles. The monoisotopic (exact) mass is 300 g/mol. The Hall–Kier alpha value is -1.13. The summed E-state index contributed by atoms with van der Waals surface area (Å²) in [5.41, 5.74) is 7.41. The van der Waals surface area contributed by atoms with Gasteiger partial charge in [0.1, 0.15) is 0 Å². The number of hydrogen-bond acceptors (Lipinski definition) is 3. The summed E-state index contributed by atoms with van der Waals surface area (Å²) in [5, 5.41) is 9.82. The molecule has 2 rings (SSSR count). The van der Waals surface area contributed by atoms with E-state index in [1.165, 1.54) is 22.8 Å². The van der Waals surface area contributed by atoms with Crippen LogP contribution in [-0.2, 0) is 12.8 Å². The Labute approximate surface area is 106 Å². The van der Waals surface area contributed by atoms with Crippen LogP contribution in [0.5, 0.6) is 0 Å². The van der Waals surface area contributed by atoms with E-state index in [2.05, 4.69) is 10.3 Å². The van der Waals surface area contributed by atoms with Crippen molar-refractivity contribution in [2.24, 2.45) is 16.1 Å². The molecule has 0 spiro atoms. The van der Waals surface area contributed by atoms with Crippen LogP contribution in [0.1, 0.15) is 32.1 Å². The number of carbonyl (C=O) groups is 1. The molecule has 1 amide bonds. The van der Waals surface area contributed by atoms with Crippen molar-refractivity contribution in [2.45, 2.75) is 25.7 Å². The van der Waals surface area contributed by atoms with Crippen molar-refractivity contribution in [2.75, 3.05) is 14.1 Å². The van der Waals surface area contributed by atoms with Gasteiger partial charge in [-0.05, 0) is 0 Å². The molecule has 6 heteroatoms. The Morgan fingerprint density at radius 3 is 2.71 bits per heavy atom. The fourth-order valence-electron chi connectivity index (χ4n) is 1.96. The first-order chi connectivity index (χ1) is 8.09. The number of fused-ring (bicyclic) bond motifs is 1. The number of aryl methyl sites for hydroxylation is 1. The molecule has 17 heavy (non-hydrogen) atoms. The SMILES string of the molecule is CN(C)/N=N/c1c(C(N)=O)[se]c2c1CCCC2. The Bertz CT molecular complexity index is 464. The molecule has 5 nitrogen and oxygen atoms in total. The first-order valence-corrected chi connectivity index (χ1v) is 7.34. The number of carbonyl (C=O) groups excluding carboxylic acids is 1. The molecule has 0 fully saturated rings. The Morgan fingerprint density at radius 2 is 2.06 bits per heavy atom. The van der Waals surface area contributed by atoms with E-state index in [-0.39, 0.29) is 20.4 Å². The van der Waals surface area contributed by atoms with Crippen molar-refractivity contribution in [3.63, 3.8) is 0 Å². The van der Waals surface area contributed by atoms with Crippen molar-refractivity contribution < 1.29 is 4.79 Å². The van der Waals surface area contributed by atoms with E-state index in [9.17, 15) is 4.79 Å². The second-order valence-electron chi connectivity index (χ2n) is 4.29. The molecule has 1 aliphatic carbocycles. The summed E-state index contributed by atoms with van der Waals surface area (Å²) in [7, 11) is 3.62. The predicted molar refractivity (Wildman–Crippen MR) is 66.7 cm³/mol. The summed E-state index contributed by atoms with van der Waals surface area (Å²) in [6.45, 7) is 0. The molecule has 1 aromatic heterocycles. The third kappa shape index (κ3) is 2.58. The summed E-state index contributed by atoms with van der Waals surface area (Å²) >= 11 is 0.0717. The van der Waals surface area contributed by atoms with Gasteiger partial charge in [0, 0.05) is 0 Å². The van der Waals surface area contributed by atoms with E-state index in [1.807, 2.05) is 14.1 Å². The Morgan fingerprint density at radius 1 is 1.35 bits per heavy atom. The van der Waals surface area contributed by atoms with Gasteiger partial charge < -0.3 is 0 Å². The van der Waals surface area contributed by atoms with Gasteiger partial charge in [0.15, 0.2) is 0 Å². The van der Waals surface area contributed by atoms with Crippen molar-refractivity contribution in [1.82, 2.24) is 5.01 Å². The van der Waals surface area contributed by atoms with Crippen LogP contribution in [-0.4, -0.2) is 39.5 Å². The van der Waals surface area contributed by atoms with Gasteiger partial charge in [-0.1, -0.05) is 0 Å². The molecule has 1 aliphatic rings. The fraction of sp³-hybridized carbons (Fsp3) is 0.545. The van der Waals surface area contributed by atoms with Gasteiger partial charge in [-0.3, -0.25) is 0 Å². The normalized spacial score (nSPS) is 14.9. The first kappa shape index (κ1) is 12.3. The molecule has 2 N–H and O–H groups in total. The minimum atomic E-state index is -0.341. The average Bonchev–Trinajstić information content (AvgIpc) is 2.65. The van der Waals surface area contributed by atoms with Crippen LogP contribution < -0.4 is 5.73 Å². The predicted octanol–water partition coefficient (Wildman–Crippen LogP) is 1.28. The van der Waals surface area contributed by atoms with Gasteiger partial charge in [0.2, 0.25) is 0 Å². The van der Waals surface area contributed by atoms with Crippen LogP contribution in [0.3, 0.4) is 0 Å². The second kappa shape index (κ2) is 5.02. The molecule has 0 aromatic carbocycles. The molecule has 0 saturated heterocycles. The average molecular weight is 299 g/mol. The molecule has 0 saturated carbocycles. The van der Waals surface area contributed by atoms with Gasteiger partial charge in [-0.2, -0.15) is 0 Å². The maximum absolute atomic E-state index is 11.4. The summed E-state index contributed by atoms with van der Waals surface area (Å²) in [4.78, 5) is 11.4. The third-order valence-electron chi connectivity index (χ3n) is 2.69. The fourth-order valence-corrected chi connectivity index (χ4v) is 4.42. The van der Waals surface area contributed by atoms with Crippen LogP contribution in [0, 0.1) is 0 Å². The van der Waals surface area contributed by atoms with Crippen molar-refractivity contribution in [3.05, 3.63) is 14.4 Å². The molecule has 1 aromatic rings. The second-order valence-corrected chi connectivity index (χ2v) is 6.61. The molecule has 92 valence electrons. The molecular weight excluding hydrogens is 283 g/mol.